The van der Waals surface area contributed by atoms with Gasteiger partial charge in [-0.25, -0.2) is 8.42 Å². The van der Waals surface area contributed by atoms with Gasteiger partial charge in [-0.05, 0) is 62.3 Å². The summed E-state index contributed by atoms with van der Waals surface area (Å²) in [7, 11) is -3.71. The highest BCUT2D eigenvalue weighted by molar-refractivity contribution is 7.89. The zero-order valence-corrected chi connectivity index (χ0v) is 17.6. The summed E-state index contributed by atoms with van der Waals surface area (Å²) in [6, 6.07) is 5.01. The Morgan fingerprint density at radius 2 is 1.77 bits per heavy atom. The van der Waals surface area contributed by atoms with Crippen molar-refractivity contribution in [2.45, 2.75) is 56.2 Å². The van der Waals surface area contributed by atoms with Gasteiger partial charge in [0.15, 0.2) is 0 Å². The number of benzene rings is 1. The summed E-state index contributed by atoms with van der Waals surface area (Å²) < 4.78 is 62.1. The number of sulfonamides is 1. The van der Waals surface area contributed by atoms with Gasteiger partial charge >= 0.3 is 12.6 Å². The first-order valence-electron chi connectivity index (χ1n) is 10.2. The molecule has 166 valence electrons. The van der Waals surface area contributed by atoms with Crippen molar-refractivity contribution in [1.29, 1.82) is 0 Å². The van der Waals surface area contributed by atoms with Crippen molar-refractivity contribution < 1.29 is 31.5 Å². The number of fused-ring (bicyclic) bond motifs is 2. The topological polar surface area (TPSA) is 76.2 Å². The lowest BCUT2D eigenvalue weighted by molar-refractivity contribution is -0.149. The van der Waals surface area contributed by atoms with Gasteiger partial charge in [-0.15, -0.1) is 0 Å². The van der Waals surface area contributed by atoms with Crippen LogP contribution in [0.3, 0.4) is 0 Å². The fourth-order valence-corrected chi connectivity index (χ4v) is 7.24. The van der Waals surface area contributed by atoms with Crippen LogP contribution >= 0.6 is 0 Å². The molecule has 0 amide bonds. The third kappa shape index (κ3) is 4.04. The van der Waals surface area contributed by atoms with E-state index in [4.69, 9.17) is 4.74 Å². The molecule has 10 heteroatoms. The highest BCUT2D eigenvalue weighted by Gasteiger charge is 2.56. The predicted molar refractivity (Wildman–Crippen MR) is 104 cm³/mol. The Hall–Kier alpha value is -1.78. The largest absolute Gasteiger partial charge is 0.465 e. The smallest absolute Gasteiger partial charge is 0.387 e. The van der Waals surface area contributed by atoms with E-state index in [1.807, 2.05) is 0 Å². The van der Waals surface area contributed by atoms with Crippen LogP contribution in [0.2, 0.25) is 0 Å². The molecule has 0 N–H and O–H groups in total. The number of halogens is 2. The predicted octanol–water partition coefficient (Wildman–Crippen LogP) is 2.47. The standard InChI is InChI=1S/C20H26F2N2O5S/c1-2-28-18(25)11-23-12-20(13-23)9-14-3-4-15(10-20)24(14)30(26,27)17-7-5-16(6-8-17)29-19(21)22/h5-8,14-15,19H,2-4,9-13H2,1H3/t14-,15+. The monoisotopic (exact) mass is 444 g/mol. The van der Waals surface area contributed by atoms with Crippen molar-refractivity contribution >= 4 is 16.0 Å². The number of carbonyl (C=O) groups excluding carboxylic acids is 1. The average Bonchev–Trinajstić information content (AvgIpc) is 2.93. The zero-order chi connectivity index (χ0) is 21.5. The summed E-state index contributed by atoms with van der Waals surface area (Å²) in [6.07, 6.45) is 3.18. The summed E-state index contributed by atoms with van der Waals surface area (Å²) in [5.41, 5.74) is 0.0549. The maximum absolute atomic E-state index is 13.2. The summed E-state index contributed by atoms with van der Waals surface area (Å²) in [5, 5.41) is 0. The molecule has 4 rings (SSSR count). The van der Waals surface area contributed by atoms with Crippen molar-refractivity contribution in [2.75, 3.05) is 26.2 Å². The number of hydrogen-bond donors (Lipinski definition) is 0. The number of rotatable bonds is 7. The van der Waals surface area contributed by atoms with Gasteiger partial charge in [-0.2, -0.15) is 13.1 Å². The molecule has 30 heavy (non-hydrogen) atoms. The zero-order valence-electron chi connectivity index (χ0n) is 16.8. The van der Waals surface area contributed by atoms with E-state index >= 15 is 0 Å². The fraction of sp³-hybridized carbons (Fsp3) is 0.650. The minimum Gasteiger partial charge on any atom is -0.465 e. The maximum Gasteiger partial charge on any atom is 0.387 e. The van der Waals surface area contributed by atoms with Gasteiger partial charge in [0.2, 0.25) is 10.0 Å². The lowest BCUT2D eigenvalue weighted by Gasteiger charge is -2.55. The Bertz CT molecular complexity index is 871. The van der Waals surface area contributed by atoms with Crippen LogP contribution in [0.25, 0.3) is 0 Å². The molecule has 3 aliphatic rings. The molecule has 1 spiro atoms. The molecule has 7 nitrogen and oxygen atoms in total. The molecule has 0 saturated carbocycles. The van der Waals surface area contributed by atoms with Crippen LogP contribution in [0.5, 0.6) is 5.75 Å². The van der Waals surface area contributed by atoms with Gasteiger partial charge < -0.3 is 9.47 Å². The van der Waals surface area contributed by atoms with Crippen LogP contribution in [0.15, 0.2) is 29.2 Å². The SMILES string of the molecule is CCOC(=O)CN1CC2(C[C@H]3CC[C@@H](C2)N3S(=O)(=O)c2ccc(OC(F)F)cc2)C1. The van der Waals surface area contributed by atoms with Gasteiger partial charge in [0, 0.05) is 25.2 Å². The molecule has 2 bridgehead atoms. The van der Waals surface area contributed by atoms with Gasteiger partial charge in [0.25, 0.3) is 0 Å². The van der Waals surface area contributed by atoms with Crippen molar-refractivity contribution in [1.82, 2.24) is 9.21 Å². The average molecular weight is 445 g/mol. The third-order valence-electron chi connectivity index (χ3n) is 6.29. The van der Waals surface area contributed by atoms with Gasteiger partial charge in [-0.3, -0.25) is 9.69 Å². The molecule has 3 aliphatic heterocycles. The fourth-order valence-electron chi connectivity index (χ4n) is 5.37. The van der Waals surface area contributed by atoms with E-state index in [1.54, 1.807) is 11.2 Å². The lowest BCUT2D eigenvalue weighted by atomic mass is 9.70. The van der Waals surface area contributed by atoms with Crippen molar-refractivity contribution in [3.05, 3.63) is 24.3 Å². The second-order valence-corrected chi connectivity index (χ2v) is 10.3. The van der Waals surface area contributed by atoms with Gasteiger partial charge in [-0.1, -0.05) is 0 Å². The summed E-state index contributed by atoms with van der Waals surface area (Å²) in [5.74, 6) is -0.296. The number of esters is 1. The van der Waals surface area contributed by atoms with Crippen LogP contribution in [-0.4, -0.2) is 68.5 Å². The molecular weight excluding hydrogens is 418 g/mol. The molecule has 3 saturated heterocycles. The van der Waals surface area contributed by atoms with E-state index in [0.717, 1.165) is 38.8 Å². The van der Waals surface area contributed by atoms with Crippen LogP contribution in [0.1, 0.15) is 32.6 Å². The van der Waals surface area contributed by atoms with E-state index in [1.165, 1.54) is 24.3 Å². The van der Waals surface area contributed by atoms with Gasteiger partial charge in [0.1, 0.15) is 5.75 Å². The van der Waals surface area contributed by atoms with E-state index < -0.39 is 16.6 Å². The van der Waals surface area contributed by atoms with Crippen molar-refractivity contribution in [3.8, 4) is 5.75 Å². The van der Waals surface area contributed by atoms with E-state index in [0.29, 0.717) is 6.61 Å². The second kappa shape index (κ2) is 8.05. The summed E-state index contributed by atoms with van der Waals surface area (Å²) >= 11 is 0. The first-order chi connectivity index (χ1) is 14.2. The lowest BCUT2D eigenvalue weighted by Crippen LogP contribution is -2.64. The number of likely N-dealkylation sites (tertiary alicyclic amines) is 1. The highest BCUT2D eigenvalue weighted by atomic mass is 32.2. The maximum atomic E-state index is 13.2. The number of ether oxygens (including phenoxy) is 2. The number of nitrogens with zero attached hydrogens (tertiary/aromatic N) is 2. The molecule has 3 fully saturated rings. The van der Waals surface area contributed by atoms with Crippen LogP contribution < -0.4 is 4.74 Å². The third-order valence-corrected chi connectivity index (χ3v) is 8.31. The van der Waals surface area contributed by atoms with Crippen molar-refractivity contribution in [2.24, 2.45) is 5.41 Å². The highest BCUT2D eigenvalue weighted by Crippen LogP contribution is 2.51. The van der Waals surface area contributed by atoms with E-state index in [9.17, 15) is 22.0 Å². The molecule has 3 heterocycles. The molecule has 1 aromatic rings. The molecule has 2 atom stereocenters. The Morgan fingerprint density at radius 3 is 2.30 bits per heavy atom. The van der Waals surface area contributed by atoms with Crippen LogP contribution in [0, 0.1) is 5.41 Å². The number of carbonyl (C=O) groups is 1. The Morgan fingerprint density at radius 1 is 1.17 bits per heavy atom. The van der Waals surface area contributed by atoms with Crippen LogP contribution in [0.4, 0.5) is 8.78 Å². The molecule has 0 radical (unpaired) electrons. The quantitative estimate of drug-likeness (QED) is 0.602. The van der Waals surface area contributed by atoms with Crippen LogP contribution in [-0.2, 0) is 19.6 Å². The molecule has 0 unspecified atom stereocenters. The normalized spacial score (nSPS) is 26.0. The molecule has 0 aliphatic carbocycles. The van der Waals surface area contributed by atoms with E-state index in [-0.39, 0.29) is 40.7 Å². The number of piperidine rings is 1. The minimum atomic E-state index is -3.71. The molecular formula is C20H26F2N2O5S. The van der Waals surface area contributed by atoms with E-state index in [2.05, 4.69) is 9.64 Å². The minimum absolute atomic E-state index is 0.0549. The number of alkyl halides is 2. The Balaban J connectivity index is 1.42. The van der Waals surface area contributed by atoms with Gasteiger partial charge in [0.05, 0.1) is 18.0 Å². The first-order valence-corrected chi connectivity index (χ1v) is 11.6. The van der Waals surface area contributed by atoms with Crippen molar-refractivity contribution in [3.63, 3.8) is 0 Å². The Kier molecular flexibility index (Phi) is 5.75. The molecule has 1 aromatic carbocycles. The Labute approximate surface area is 175 Å². The summed E-state index contributed by atoms with van der Waals surface area (Å²) in [6.45, 7) is 1.04. The first kappa shape index (κ1) is 21.5. The molecule has 0 aromatic heterocycles. The number of hydrogen-bond acceptors (Lipinski definition) is 6. The second-order valence-electron chi connectivity index (χ2n) is 8.43. The summed E-state index contributed by atoms with van der Waals surface area (Å²) in [4.78, 5) is 13.8.